The molecule has 0 aromatic carbocycles. The summed E-state index contributed by atoms with van der Waals surface area (Å²) in [5.74, 6) is 2.06. The van der Waals surface area contributed by atoms with Crippen molar-refractivity contribution >= 4 is 0 Å². The van der Waals surface area contributed by atoms with Crippen LogP contribution in [0.1, 0.15) is 51.1 Å². The summed E-state index contributed by atoms with van der Waals surface area (Å²) in [6, 6.07) is 5.17. The van der Waals surface area contributed by atoms with E-state index in [1.807, 2.05) is 13.0 Å². The summed E-state index contributed by atoms with van der Waals surface area (Å²) in [4.78, 5) is 0. The van der Waals surface area contributed by atoms with Gasteiger partial charge in [-0.05, 0) is 44.7 Å². The van der Waals surface area contributed by atoms with Gasteiger partial charge >= 0.3 is 0 Å². The van der Waals surface area contributed by atoms with Crippen molar-refractivity contribution in [2.24, 2.45) is 5.73 Å². The van der Waals surface area contributed by atoms with Gasteiger partial charge in [-0.1, -0.05) is 13.8 Å². The zero-order valence-electron chi connectivity index (χ0n) is 11.8. The average Bonchev–Trinajstić information content (AvgIpc) is 2.76. The molecular weight excluding hydrogens is 224 g/mol. The molecular formula is C15H26N2O. The largest absolute Gasteiger partial charge is 0.466 e. The lowest BCUT2D eigenvalue weighted by atomic mass is 9.87. The van der Waals surface area contributed by atoms with Crippen LogP contribution in [0.2, 0.25) is 0 Å². The Hall–Kier alpha value is -0.800. The first-order valence-electron chi connectivity index (χ1n) is 7.03. The van der Waals surface area contributed by atoms with Crippen molar-refractivity contribution in [1.82, 2.24) is 5.32 Å². The summed E-state index contributed by atoms with van der Waals surface area (Å²) < 4.78 is 5.75. The molecule has 3 nitrogen and oxygen atoms in total. The highest BCUT2D eigenvalue weighted by molar-refractivity contribution is 5.15. The van der Waals surface area contributed by atoms with E-state index in [1.54, 1.807) is 0 Å². The van der Waals surface area contributed by atoms with Gasteiger partial charge in [0.2, 0.25) is 0 Å². The maximum absolute atomic E-state index is 5.93. The fourth-order valence-corrected chi connectivity index (χ4v) is 2.61. The Kier molecular flexibility index (Phi) is 4.13. The zero-order chi connectivity index (χ0) is 13.2. The molecule has 102 valence electrons. The van der Waals surface area contributed by atoms with Gasteiger partial charge in [-0.25, -0.2) is 0 Å². The molecule has 0 saturated heterocycles. The Morgan fingerprint density at radius 2 is 1.94 bits per heavy atom. The highest BCUT2D eigenvalue weighted by Gasteiger charge is 2.26. The first kappa shape index (κ1) is 13.6. The van der Waals surface area contributed by atoms with Crippen LogP contribution in [-0.4, -0.2) is 18.6 Å². The van der Waals surface area contributed by atoms with E-state index in [0.717, 1.165) is 30.9 Å². The SMILES string of the molecule is Cc1ccc(C(C)(C)CNC2CCC(N)CC2)o1. The van der Waals surface area contributed by atoms with Gasteiger partial charge in [0.25, 0.3) is 0 Å². The lowest BCUT2D eigenvalue weighted by Crippen LogP contribution is -2.42. The lowest BCUT2D eigenvalue weighted by Gasteiger charge is -2.30. The summed E-state index contributed by atoms with van der Waals surface area (Å²) in [5.41, 5.74) is 5.98. The number of furan rings is 1. The molecule has 1 aliphatic carbocycles. The molecule has 0 radical (unpaired) electrons. The van der Waals surface area contributed by atoms with E-state index in [1.165, 1.54) is 12.8 Å². The molecule has 1 heterocycles. The lowest BCUT2D eigenvalue weighted by molar-refractivity contribution is 0.298. The molecule has 3 N–H and O–H groups in total. The molecule has 0 spiro atoms. The number of aryl methyl sites for hydroxylation is 1. The van der Waals surface area contributed by atoms with E-state index in [-0.39, 0.29) is 5.41 Å². The molecule has 0 bridgehead atoms. The summed E-state index contributed by atoms with van der Waals surface area (Å²) in [5, 5.41) is 3.67. The van der Waals surface area contributed by atoms with Crippen molar-refractivity contribution in [3.05, 3.63) is 23.7 Å². The Labute approximate surface area is 110 Å². The fraction of sp³-hybridized carbons (Fsp3) is 0.733. The van der Waals surface area contributed by atoms with E-state index in [0.29, 0.717) is 12.1 Å². The minimum Gasteiger partial charge on any atom is -0.466 e. The highest BCUT2D eigenvalue weighted by atomic mass is 16.3. The number of nitrogens with two attached hydrogens (primary N) is 1. The van der Waals surface area contributed by atoms with Crippen molar-refractivity contribution in [2.45, 2.75) is 64.0 Å². The Morgan fingerprint density at radius 1 is 1.28 bits per heavy atom. The van der Waals surface area contributed by atoms with Gasteiger partial charge < -0.3 is 15.5 Å². The van der Waals surface area contributed by atoms with Crippen LogP contribution in [0, 0.1) is 6.92 Å². The second kappa shape index (κ2) is 5.45. The third-order valence-electron chi connectivity index (χ3n) is 4.01. The molecule has 1 aromatic rings. The number of hydrogen-bond donors (Lipinski definition) is 2. The van der Waals surface area contributed by atoms with Crippen molar-refractivity contribution < 1.29 is 4.42 Å². The molecule has 3 heteroatoms. The van der Waals surface area contributed by atoms with Crippen LogP contribution in [-0.2, 0) is 5.41 Å². The predicted molar refractivity (Wildman–Crippen MR) is 74.7 cm³/mol. The van der Waals surface area contributed by atoms with E-state index >= 15 is 0 Å². The van der Waals surface area contributed by atoms with E-state index in [9.17, 15) is 0 Å². The van der Waals surface area contributed by atoms with Crippen molar-refractivity contribution in [3.63, 3.8) is 0 Å². The maximum Gasteiger partial charge on any atom is 0.111 e. The van der Waals surface area contributed by atoms with Gasteiger partial charge in [-0.3, -0.25) is 0 Å². The highest BCUT2D eigenvalue weighted by Crippen LogP contribution is 2.25. The summed E-state index contributed by atoms with van der Waals surface area (Å²) in [6.45, 7) is 7.41. The smallest absolute Gasteiger partial charge is 0.111 e. The van der Waals surface area contributed by atoms with Crippen LogP contribution in [0.3, 0.4) is 0 Å². The normalized spacial score (nSPS) is 25.3. The van der Waals surface area contributed by atoms with E-state index < -0.39 is 0 Å². The van der Waals surface area contributed by atoms with Gasteiger partial charge in [0.1, 0.15) is 11.5 Å². The minimum absolute atomic E-state index is 0.0494. The molecule has 0 unspecified atom stereocenters. The van der Waals surface area contributed by atoms with Crippen LogP contribution in [0.4, 0.5) is 0 Å². The van der Waals surface area contributed by atoms with E-state index in [4.69, 9.17) is 10.2 Å². The number of rotatable bonds is 4. The molecule has 1 saturated carbocycles. The van der Waals surface area contributed by atoms with Gasteiger partial charge in [0.15, 0.2) is 0 Å². The van der Waals surface area contributed by atoms with Gasteiger partial charge in [0.05, 0.1) is 0 Å². The second-order valence-electron chi connectivity index (χ2n) is 6.29. The third kappa shape index (κ3) is 3.36. The Bertz CT molecular complexity index is 376. The second-order valence-corrected chi connectivity index (χ2v) is 6.29. The van der Waals surface area contributed by atoms with Gasteiger partial charge in [-0.2, -0.15) is 0 Å². The maximum atomic E-state index is 5.93. The van der Waals surface area contributed by atoms with Crippen LogP contribution >= 0.6 is 0 Å². The molecule has 18 heavy (non-hydrogen) atoms. The van der Waals surface area contributed by atoms with Crippen LogP contribution < -0.4 is 11.1 Å². The van der Waals surface area contributed by atoms with Crippen molar-refractivity contribution in [2.75, 3.05) is 6.54 Å². The zero-order valence-corrected chi connectivity index (χ0v) is 11.8. The molecule has 0 atom stereocenters. The molecule has 0 aliphatic heterocycles. The van der Waals surface area contributed by atoms with Crippen LogP contribution in [0.25, 0.3) is 0 Å². The monoisotopic (exact) mass is 250 g/mol. The first-order valence-corrected chi connectivity index (χ1v) is 7.03. The Morgan fingerprint density at radius 3 is 2.50 bits per heavy atom. The minimum atomic E-state index is 0.0494. The fourth-order valence-electron chi connectivity index (χ4n) is 2.61. The quantitative estimate of drug-likeness (QED) is 0.864. The van der Waals surface area contributed by atoms with Crippen molar-refractivity contribution in [3.8, 4) is 0 Å². The van der Waals surface area contributed by atoms with Crippen molar-refractivity contribution in [1.29, 1.82) is 0 Å². The number of nitrogens with one attached hydrogen (secondary N) is 1. The summed E-state index contributed by atoms with van der Waals surface area (Å²) in [6.07, 6.45) is 4.71. The van der Waals surface area contributed by atoms with Crippen LogP contribution in [0.15, 0.2) is 16.5 Å². The van der Waals surface area contributed by atoms with Gasteiger partial charge in [0, 0.05) is 24.0 Å². The predicted octanol–water partition coefficient (Wildman–Crippen LogP) is 2.73. The standard InChI is InChI=1S/C15H26N2O/c1-11-4-9-14(18-11)15(2,3)10-17-13-7-5-12(16)6-8-13/h4,9,12-13,17H,5-8,10,16H2,1-3H3. The molecule has 1 aliphatic rings. The van der Waals surface area contributed by atoms with Gasteiger partial charge in [-0.15, -0.1) is 0 Å². The number of hydrogen-bond acceptors (Lipinski definition) is 3. The first-order chi connectivity index (χ1) is 8.47. The molecule has 2 rings (SSSR count). The summed E-state index contributed by atoms with van der Waals surface area (Å²) in [7, 11) is 0. The summed E-state index contributed by atoms with van der Waals surface area (Å²) >= 11 is 0. The average molecular weight is 250 g/mol. The Balaban J connectivity index is 1.85. The topological polar surface area (TPSA) is 51.2 Å². The molecule has 0 amide bonds. The molecule has 1 fully saturated rings. The van der Waals surface area contributed by atoms with E-state index in [2.05, 4.69) is 25.2 Å². The van der Waals surface area contributed by atoms with Crippen LogP contribution in [0.5, 0.6) is 0 Å². The molecule has 1 aromatic heterocycles. The third-order valence-corrected chi connectivity index (χ3v) is 4.01.